The van der Waals surface area contributed by atoms with E-state index in [0.717, 1.165) is 25.3 Å². The highest BCUT2D eigenvalue weighted by atomic mass is 35.5. The Kier molecular flexibility index (Phi) is 8.02. The minimum Gasteiger partial charge on any atom is -0.477 e. The Balaban J connectivity index is 1.66. The molecular formula is C24H23ClF3NO4. The normalized spacial score (nSPS) is 14.8. The number of carbonyl (C=O) groups is 2. The van der Waals surface area contributed by atoms with Gasteiger partial charge in [0.1, 0.15) is 17.2 Å². The molecule has 0 aromatic heterocycles. The van der Waals surface area contributed by atoms with E-state index in [4.69, 9.17) is 16.3 Å². The van der Waals surface area contributed by atoms with E-state index < -0.39 is 22.7 Å². The van der Waals surface area contributed by atoms with Crippen molar-refractivity contribution in [2.75, 3.05) is 0 Å². The third-order valence-corrected chi connectivity index (χ3v) is 5.84. The maximum Gasteiger partial charge on any atom is 0.417 e. The highest BCUT2D eigenvalue weighted by Gasteiger charge is 2.34. The van der Waals surface area contributed by atoms with Crippen molar-refractivity contribution >= 4 is 29.6 Å². The van der Waals surface area contributed by atoms with Crippen molar-refractivity contribution in [2.45, 2.75) is 44.7 Å². The number of rotatable bonds is 8. The summed E-state index contributed by atoms with van der Waals surface area (Å²) < 4.78 is 44.5. The van der Waals surface area contributed by atoms with Gasteiger partial charge in [0.05, 0.1) is 10.6 Å². The molecule has 2 N–H and O–H groups in total. The molecular weight excluding hydrogens is 459 g/mol. The SMILES string of the molecule is O=C(CCC1CCCC1)N/C(=C\c1ccc(Oc2cccc(C(F)(F)F)c2Cl)cc1)C(=O)O. The number of halogens is 4. The van der Waals surface area contributed by atoms with Crippen molar-refractivity contribution in [3.05, 3.63) is 64.3 Å². The second kappa shape index (κ2) is 10.7. The summed E-state index contributed by atoms with van der Waals surface area (Å²) >= 11 is 5.83. The molecule has 2 aromatic rings. The molecule has 0 radical (unpaired) electrons. The number of carbonyl (C=O) groups excluding carboxylic acids is 1. The summed E-state index contributed by atoms with van der Waals surface area (Å²) in [6.07, 6.45) is 2.25. The summed E-state index contributed by atoms with van der Waals surface area (Å²) in [5.74, 6) is -1.05. The van der Waals surface area contributed by atoms with Crippen molar-refractivity contribution < 1.29 is 32.6 Å². The van der Waals surface area contributed by atoms with E-state index in [0.29, 0.717) is 11.5 Å². The average molecular weight is 482 g/mol. The molecule has 1 fully saturated rings. The molecule has 1 aliphatic rings. The Bertz CT molecular complexity index is 1030. The van der Waals surface area contributed by atoms with Gasteiger partial charge in [-0.3, -0.25) is 4.79 Å². The maximum absolute atomic E-state index is 13.0. The van der Waals surface area contributed by atoms with Crippen LogP contribution in [0.25, 0.3) is 6.08 Å². The number of hydrogen-bond donors (Lipinski definition) is 2. The van der Waals surface area contributed by atoms with E-state index in [-0.39, 0.29) is 29.5 Å². The summed E-state index contributed by atoms with van der Waals surface area (Å²) in [5, 5.41) is 11.3. The lowest BCUT2D eigenvalue weighted by molar-refractivity contribution is -0.137. The molecule has 1 saturated carbocycles. The fourth-order valence-corrected chi connectivity index (χ4v) is 4.00. The van der Waals surface area contributed by atoms with Gasteiger partial charge in [0.25, 0.3) is 0 Å². The molecule has 0 heterocycles. The Morgan fingerprint density at radius 1 is 1.12 bits per heavy atom. The lowest BCUT2D eigenvalue weighted by Crippen LogP contribution is -2.27. The van der Waals surface area contributed by atoms with Crippen LogP contribution in [0.2, 0.25) is 5.02 Å². The van der Waals surface area contributed by atoms with Gasteiger partial charge in [-0.15, -0.1) is 0 Å². The molecule has 0 saturated heterocycles. The van der Waals surface area contributed by atoms with Gasteiger partial charge in [0, 0.05) is 6.42 Å². The summed E-state index contributed by atoms with van der Waals surface area (Å²) in [4.78, 5) is 23.7. The van der Waals surface area contributed by atoms with E-state index in [1.165, 1.54) is 55.3 Å². The summed E-state index contributed by atoms with van der Waals surface area (Å²) in [5.41, 5.74) is -0.803. The average Bonchev–Trinajstić information content (AvgIpc) is 3.27. The number of carboxylic acids is 1. The molecule has 1 amide bonds. The second-order valence-corrected chi connectivity index (χ2v) is 8.27. The monoisotopic (exact) mass is 481 g/mol. The molecule has 0 spiro atoms. The van der Waals surface area contributed by atoms with Crippen molar-refractivity contribution in [1.82, 2.24) is 5.32 Å². The van der Waals surface area contributed by atoms with E-state index in [9.17, 15) is 27.9 Å². The quantitative estimate of drug-likeness (QED) is 0.413. The fraction of sp³-hybridized carbons (Fsp3) is 0.333. The van der Waals surface area contributed by atoms with Gasteiger partial charge < -0.3 is 15.2 Å². The minimum atomic E-state index is -4.61. The molecule has 9 heteroatoms. The minimum absolute atomic E-state index is 0.157. The Morgan fingerprint density at radius 3 is 2.39 bits per heavy atom. The lowest BCUT2D eigenvalue weighted by Gasteiger charge is -2.13. The predicted octanol–water partition coefficient (Wildman–Crippen LogP) is 6.66. The van der Waals surface area contributed by atoms with E-state index in [1.54, 1.807) is 0 Å². The zero-order chi connectivity index (χ0) is 24.0. The molecule has 0 atom stereocenters. The van der Waals surface area contributed by atoms with Crippen LogP contribution in [0.1, 0.15) is 49.7 Å². The number of benzene rings is 2. The van der Waals surface area contributed by atoms with Crippen LogP contribution in [-0.4, -0.2) is 17.0 Å². The highest BCUT2D eigenvalue weighted by molar-refractivity contribution is 6.32. The Labute approximate surface area is 194 Å². The first-order chi connectivity index (χ1) is 15.6. The first-order valence-corrected chi connectivity index (χ1v) is 10.9. The lowest BCUT2D eigenvalue weighted by atomic mass is 10.0. The number of nitrogens with one attached hydrogen (secondary N) is 1. The Morgan fingerprint density at radius 2 is 1.79 bits per heavy atom. The molecule has 176 valence electrons. The van der Waals surface area contributed by atoms with Gasteiger partial charge in [0.15, 0.2) is 0 Å². The first-order valence-electron chi connectivity index (χ1n) is 10.5. The summed E-state index contributed by atoms with van der Waals surface area (Å²) in [7, 11) is 0. The fourth-order valence-electron chi connectivity index (χ4n) is 3.73. The number of ether oxygens (including phenoxy) is 1. The largest absolute Gasteiger partial charge is 0.477 e. The molecule has 3 rings (SSSR count). The zero-order valence-electron chi connectivity index (χ0n) is 17.6. The van der Waals surface area contributed by atoms with Crippen LogP contribution in [0.3, 0.4) is 0 Å². The number of amides is 1. The van der Waals surface area contributed by atoms with Gasteiger partial charge in [-0.25, -0.2) is 4.79 Å². The van der Waals surface area contributed by atoms with E-state index >= 15 is 0 Å². The van der Waals surface area contributed by atoms with Crippen LogP contribution in [0.5, 0.6) is 11.5 Å². The molecule has 2 aromatic carbocycles. The molecule has 5 nitrogen and oxygen atoms in total. The van der Waals surface area contributed by atoms with Crippen LogP contribution < -0.4 is 10.1 Å². The third-order valence-electron chi connectivity index (χ3n) is 5.45. The standard InChI is InChI=1S/C24H23ClF3NO4/c25-22-18(24(26,27)28)6-3-7-20(22)33-17-11-8-16(9-12-17)14-19(23(31)32)29-21(30)13-10-15-4-1-2-5-15/h3,6-9,11-12,14-15H,1-2,4-5,10,13H2,(H,29,30)(H,31,32)/b19-14-. The third kappa shape index (κ3) is 6.99. The second-order valence-electron chi connectivity index (χ2n) is 7.89. The van der Waals surface area contributed by atoms with Crippen molar-refractivity contribution in [3.8, 4) is 11.5 Å². The molecule has 0 aliphatic heterocycles. The number of hydrogen-bond acceptors (Lipinski definition) is 3. The van der Waals surface area contributed by atoms with Gasteiger partial charge in [-0.1, -0.05) is 55.5 Å². The molecule has 1 aliphatic carbocycles. The topological polar surface area (TPSA) is 75.6 Å². The van der Waals surface area contributed by atoms with Crippen LogP contribution in [-0.2, 0) is 15.8 Å². The van der Waals surface area contributed by atoms with Crippen LogP contribution in [0, 0.1) is 5.92 Å². The molecule has 0 bridgehead atoms. The van der Waals surface area contributed by atoms with Crippen molar-refractivity contribution in [2.24, 2.45) is 5.92 Å². The van der Waals surface area contributed by atoms with Crippen LogP contribution in [0.15, 0.2) is 48.2 Å². The Hall–Kier alpha value is -3.00. The molecule has 0 unspecified atom stereocenters. The predicted molar refractivity (Wildman–Crippen MR) is 118 cm³/mol. The highest BCUT2D eigenvalue weighted by Crippen LogP contribution is 2.40. The number of alkyl halides is 3. The summed E-state index contributed by atoms with van der Waals surface area (Å²) in [6.45, 7) is 0. The molecule has 33 heavy (non-hydrogen) atoms. The smallest absolute Gasteiger partial charge is 0.417 e. The van der Waals surface area contributed by atoms with E-state index in [1.807, 2.05) is 0 Å². The van der Waals surface area contributed by atoms with Crippen LogP contribution >= 0.6 is 11.6 Å². The van der Waals surface area contributed by atoms with Gasteiger partial charge in [-0.05, 0) is 48.2 Å². The first kappa shape index (κ1) is 24.6. The summed E-state index contributed by atoms with van der Waals surface area (Å²) in [6, 6.07) is 9.33. The maximum atomic E-state index is 13.0. The van der Waals surface area contributed by atoms with Crippen LogP contribution in [0.4, 0.5) is 13.2 Å². The number of carboxylic acid groups (broad SMARTS) is 1. The van der Waals surface area contributed by atoms with Crippen molar-refractivity contribution in [1.29, 1.82) is 0 Å². The number of aliphatic carboxylic acids is 1. The van der Waals surface area contributed by atoms with Crippen molar-refractivity contribution in [3.63, 3.8) is 0 Å². The van der Waals surface area contributed by atoms with Gasteiger partial charge in [-0.2, -0.15) is 13.2 Å². The van der Waals surface area contributed by atoms with Gasteiger partial charge >= 0.3 is 12.1 Å². The van der Waals surface area contributed by atoms with E-state index in [2.05, 4.69) is 5.32 Å². The zero-order valence-corrected chi connectivity index (χ0v) is 18.4. The van der Waals surface area contributed by atoms with Gasteiger partial charge in [0.2, 0.25) is 5.91 Å².